The Morgan fingerprint density at radius 2 is 2.22 bits per heavy atom. The van der Waals surface area contributed by atoms with Gasteiger partial charge in [0.15, 0.2) is 0 Å². The van der Waals surface area contributed by atoms with Crippen molar-refractivity contribution in [2.24, 2.45) is 11.7 Å². The SMILES string of the molecule is CC1CCCC(N)(C(=O)NCCSC(F)(F)F)C1. The molecule has 0 aliphatic heterocycles. The predicted octanol–water partition coefficient (Wildman–Crippen LogP) is 2.26. The van der Waals surface area contributed by atoms with Crippen molar-refractivity contribution in [1.82, 2.24) is 5.32 Å². The molecule has 2 atom stereocenters. The molecule has 1 rings (SSSR count). The molecule has 106 valence electrons. The number of rotatable bonds is 4. The van der Waals surface area contributed by atoms with E-state index in [4.69, 9.17) is 5.73 Å². The van der Waals surface area contributed by atoms with Crippen LogP contribution in [0.4, 0.5) is 13.2 Å². The van der Waals surface area contributed by atoms with Crippen LogP contribution in [0.5, 0.6) is 0 Å². The highest BCUT2D eigenvalue weighted by atomic mass is 32.2. The van der Waals surface area contributed by atoms with Crippen LogP contribution in [0.25, 0.3) is 0 Å². The summed E-state index contributed by atoms with van der Waals surface area (Å²) in [6.07, 6.45) is 3.15. The first-order valence-corrected chi connectivity index (χ1v) is 6.99. The van der Waals surface area contributed by atoms with Gasteiger partial charge in [0.1, 0.15) is 0 Å². The topological polar surface area (TPSA) is 55.1 Å². The molecule has 18 heavy (non-hydrogen) atoms. The fourth-order valence-corrected chi connectivity index (χ4v) is 2.74. The second kappa shape index (κ2) is 6.14. The molecule has 0 saturated heterocycles. The first-order valence-electron chi connectivity index (χ1n) is 6.01. The number of carbonyl (C=O) groups is 1. The first kappa shape index (κ1) is 15.6. The van der Waals surface area contributed by atoms with Gasteiger partial charge in [-0.05, 0) is 30.5 Å². The van der Waals surface area contributed by atoms with Crippen LogP contribution < -0.4 is 11.1 Å². The quantitative estimate of drug-likeness (QED) is 0.779. The molecule has 0 bridgehead atoms. The highest BCUT2D eigenvalue weighted by Gasteiger charge is 2.37. The lowest BCUT2D eigenvalue weighted by Gasteiger charge is -2.35. The zero-order chi connectivity index (χ0) is 13.8. The average Bonchev–Trinajstić information content (AvgIpc) is 2.22. The molecule has 2 unspecified atom stereocenters. The Bertz CT molecular complexity index is 299. The summed E-state index contributed by atoms with van der Waals surface area (Å²) in [5, 5.41) is 2.50. The Morgan fingerprint density at radius 3 is 2.78 bits per heavy atom. The molecule has 0 spiro atoms. The van der Waals surface area contributed by atoms with E-state index in [9.17, 15) is 18.0 Å². The number of alkyl halides is 3. The van der Waals surface area contributed by atoms with Gasteiger partial charge in [-0.25, -0.2) is 0 Å². The summed E-state index contributed by atoms with van der Waals surface area (Å²) in [6.45, 7) is 2.03. The minimum absolute atomic E-state index is 0.00363. The van der Waals surface area contributed by atoms with Gasteiger partial charge in [-0.1, -0.05) is 19.8 Å². The smallest absolute Gasteiger partial charge is 0.354 e. The van der Waals surface area contributed by atoms with Gasteiger partial charge >= 0.3 is 5.51 Å². The van der Waals surface area contributed by atoms with E-state index < -0.39 is 11.0 Å². The minimum atomic E-state index is -4.25. The van der Waals surface area contributed by atoms with Gasteiger partial charge in [0.25, 0.3) is 0 Å². The third-order valence-electron chi connectivity index (χ3n) is 3.14. The third kappa shape index (κ3) is 5.06. The number of hydrogen-bond donors (Lipinski definition) is 2. The molecule has 3 nitrogen and oxygen atoms in total. The van der Waals surface area contributed by atoms with Crippen LogP contribution in [0.3, 0.4) is 0 Å². The monoisotopic (exact) mass is 284 g/mol. The van der Waals surface area contributed by atoms with Crippen molar-refractivity contribution in [2.45, 2.75) is 43.7 Å². The largest absolute Gasteiger partial charge is 0.441 e. The molecule has 1 fully saturated rings. The Kier molecular flexibility index (Phi) is 5.33. The van der Waals surface area contributed by atoms with Crippen molar-refractivity contribution in [3.8, 4) is 0 Å². The summed E-state index contributed by atoms with van der Waals surface area (Å²) in [6, 6.07) is 0. The van der Waals surface area contributed by atoms with E-state index in [-0.39, 0.29) is 30.0 Å². The van der Waals surface area contributed by atoms with E-state index in [0.717, 1.165) is 12.8 Å². The van der Waals surface area contributed by atoms with E-state index in [1.54, 1.807) is 0 Å². The highest BCUT2D eigenvalue weighted by molar-refractivity contribution is 8.00. The van der Waals surface area contributed by atoms with Crippen LogP contribution in [-0.4, -0.2) is 29.3 Å². The summed E-state index contributed by atoms with van der Waals surface area (Å²) >= 11 is -0.134. The molecule has 0 aromatic rings. The van der Waals surface area contributed by atoms with Crippen molar-refractivity contribution in [3.63, 3.8) is 0 Å². The number of amides is 1. The zero-order valence-electron chi connectivity index (χ0n) is 10.3. The van der Waals surface area contributed by atoms with Gasteiger partial charge in [0.05, 0.1) is 5.54 Å². The third-order valence-corrected chi connectivity index (χ3v) is 3.87. The number of halogens is 3. The van der Waals surface area contributed by atoms with Crippen molar-refractivity contribution in [1.29, 1.82) is 0 Å². The van der Waals surface area contributed by atoms with Gasteiger partial charge < -0.3 is 11.1 Å². The molecule has 1 aliphatic carbocycles. The molecular formula is C11H19F3N2OS. The van der Waals surface area contributed by atoms with E-state index in [1.807, 2.05) is 6.92 Å². The first-order chi connectivity index (χ1) is 8.23. The van der Waals surface area contributed by atoms with Crippen LogP contribution in [0.2, 0.25) is 0 Å². The van der Waals surface area contributed by atoms with E-state index >= 15 is 0 Å². The van der Waals surface area contributed by atoms with Crippen LogP contribution in [0.1, 0.15) is 32.6 Å². The standard InChI is InChI=1S/C11H19F3N2OS/c1-8-3-2-4-10(15,7-8)9(17)16-5-6-18-11(12,13)14/h8H,2-7,15H2,1H3,(H,16,17). The highest BCUT2D eigenvalue weighted by Crippen LogP contribution is 2.31. The zero-order valence-corrected chi connectivity index (χ0v) is 11.2. The van der Waals surface area contributed by atoms with Gasteiger partial charge in [0, 0.05) is 12.3 Å². The molecule has 0 heterocycles. The summed E-state index contributed by atoms with van der Waals surface area (Å²) in [7, 11) is 0. The van der Waals surface area contributed by atoms with Gasteiger partial charge in [-0.15, -0.1) is 0 Å². The van der Waals surface area contributed by atoms with Crippen LogP contribution in [0, 0.1) is 5.92 Å². The van der Waals surface area contributed by atoms with Gasteiger partial charge in [-0.3, -0.25) is 4.79 Å². The van der Waals surface area contributed by atoms with Gasteiger partial charge in [0.2, 0.25) is 5.91 Å². The van der Waals surface area contributed by atoms with Crippen molar-refractivity contribution >= 4 is 17.7 Å². The fraction of sp³-hybridized carbons (Fsp3) is 0.909. The van der Waals surface area contributed by atoms with Crippen molar-refractivity contribution in [3.05, 3.63) is 0 Å². The molecule has 7 heteroatoms. The fourth-order valence-electron chi connectivity index (χ4n) is 2.31. The lowest BCUT2D eigenvalue weighted by atomic mass is 9.76. The average molecular weight is 284 g/mol. The number of thioether (sulfide) groups is 1. The number of hydrogen-bond acceptors (Lipinski definition) is 3. The lowest BCUT2D eigenvalue weighted by molar-refractivity contribution is -0.127. The summed E-state index contributed by atoms with van der Waals surface area (Å²) < 4.78 is 35.7. The van der Waals surface area contributed by atoms with E-state index in [1.165, 1.54) is 0 Å². The Balaban J connectivity index is 2.31. The van der Waals surface area contributed by atoms with Gasteiger partial charge in [-0.2, -0.15) is 13.2 Å². The second-order valence-corrected chi connectivity index (χ2v) is 6.07. The lowest BCUT2D eigenvalue weighted by Crippen LogP contribution is -2.56. The molecule has 0 aromatic heterocycles. The number of nitrogens with two attached hydrogens (primary N) is 1. The maximum absolute atomic E-state index is 11.9. The Hall–Kier alpha value is -0.430. The molecule has 1 saturated carbocycles. The molecule has 1 aliphatic rings. The molecule has 1 amide bonds. The summed E-state index contributed by atoms with van der Waals surface area (Å²) in [5.41, 5.74) is 0.872. The summed E-state index contributed by atoms with van der Waals surface area (Å²) in [4.78, 5) is 11.9. The second-order valence-electron chi connectivity index (χ2n) is 4.91. The minimum Gasteiger partial charge on any atom is -0.354 e. The molecule has 3 N–H and O–H groups in total. The summed E-state index contributed by atoms with van der Waals surface area (Å²) in [5.74, 6) is -0.114. The molecule has 0 radical (unpaired) electrons. The Morgan fingerprint density at radius 1 is 1.56 bits per heavy atom. The van der Waals surface area contributed by atoms with E-state index in [0.29, 0.717) is 18.8 Å². The molecule has 0 aromatic carbocycles. The number of carbonyl (C=O) groups excluding carboxylic acids is 1. The van der Waals surface area contributed by atoms with Crippen molar-refractivity contribution in [2.75, 3.05) is 12.3 Å². The normalized spacial score (nSPS) is 29.1. The molecular weight excluding hydrogens is 265 g/mol. The maximum atomic E-state index is 11.9. The number of nitrogens with one attached hydrogen (secondary N) is 1. The van der Waals surface area contributed by atoms with Crippen LogP contribution in [-0.2, 0) is 4.79 Å². The van der Waals surface area contributed by atoms with Crippen LogP contribution >= 0.6 is 11.8 Å². The maximum Gasteiger partial charge on any atom is 0.441 e. The predicted molar refractivity (Wildman–Crippen MR) is 66.1 cm³/mol. The van der Waals surface area contributed by atoms with E-state index in [2.05, 4.69) is 5.32 Å². The van der Waals surface area contributed by atoms with Crippen LogP contribution in [0.15, 0.2) is 0 Å². The van der Waals surface area contributed by atoms with Crippen molar-refractivity contribution < 1.29 is 18.0 Å². The Labute approximate surface area is 109 Å².